The van der Waals surface area contributed by atoms with E-state index < -0.39 is 52.0 Å². The van der Waals surface area contributed by atoms with Gasteiger partial charge in [0.25, 0.3) is 5.91 Å². The normalized spacial score (nSPS) is 23.3. The summed E-state index contributed by atoms with van der Waals surface area (Å²) in [5, 5.41) is 22.3. The van der Waals surface area contributed by atoms with Crippen LogP contribution in [0.5, 0.6) is 5.75 Å². The summed E-state index contributed by atoms with van der Waals surface area (Å²) in [6.07, 6.45) is -0.808. The van der Waals surface area contributed by atoms with Crippen LogP contribution in [0.1, 0.15) is 60.5 Å². The maximum absolute atomic E-state index is 14.0. The molecular weight excluding hydrogens is 508 g/mol. The minimum absolute atomic E-state index is 0.0238. The van der Waals surface area contributed by atoms with Crippen LogP contribution in [0.3, 0.4) is 0 Å². The number of nitrogens with zero attached hydrogens (tertiary/aromatic N) is 4. The number of aromatic nitrogens is 4. The van der Waals surface area contributed by atoms with E-state index in [1.54, 1.807) is 0 Å². The second-order valence-corrected chi connectivity index (χ2v) is 9.57. The number of phenolic OH excluding ortho intramolecular Hbond substituents is 1. The molecule has 0 radical (unpaired) electrons. The lowest BCUT2D eigenvalue weighted by molar-refractivity contribution is -0.141. The summed E-state index contributed by atoms with van der Waals surface area (Å²) in [7, 11) is 0. The molecule has 3 aliphatic rings. The van der Waals surface area contributed by atoms with Gasteiger partial charge >= 0.3 is 6.18 Å². The highest BCUT2D eigenvalue weighted by atomic mass is 19.4. The number of benzene rings is 1. The van der Waals surface area contributed by atoms with Crippen LogP contribution in [0.15, 0.2) is 22.7 Å². The molecular formula is C23H19F6N5O3. The van der Waals surface area contributed by atoms with E-state index in [0.717, 1.165) is 12.1 Å². The molecule has 0 unspecified atom stereocenters. The van der Waals surface area contributed by atoms with Crippen LogP contribution in [-0.2, 0) is 11.6 Å². The van der Waals surface area contributed by atoms with Crippen molar-refractivity contribution in [2.75, 3.05) is 6.54 Å². The minimum atomic E-state index is -4.62. The van der Waals surface area contributed by atoms with Crippen molar-refractivity contribution in [1.82, 2.24) is 25.7 Å². The zero-order chi connectivity index (χ0) is 26.6. The molecule has 6 rings (SSSR count). The Bertz CT molecular complexity index is 1330. The molecule has 37 heavy (non-hydrogen) atoms. The highest BCUT2D eigenvalue weighted by Crippen LogP contribution is 2.57. The Balaban J connectivity index is 1.24. The molecule has 14 heteroatoms. The third-order valence-electron chi connectivity index (χ3n) is 7.47. The summed E-state index contributed by atoms with van der Waals surface area (Å²) in [5.41, 5.74) is -2.69. The van der Waals surface area contributed by atoms with E-state index >= 15 is 0 Å². The van der Waals surface area contributed by atoms with Gasteiger partial charge in [-0.05, 0) is 62.1 Å². The lowest BCUT2D eigenvalue weighted by Gasteiger charge is -2.51. The van der Waals surface area contributed by atoms with Gasteiger partial charge in [0.15, 0.2) is 23.1 Å². The minimum Gasteiger partial charge on any atom is -0.503 e. The molecule has 1 amide bonds. The number of hydrogen-bond acceptors (Lipinski definition) is 7. The zero-order valence-electron chi connectivity index (χ0n) is 19.0. The van der Waals surface area contributed by atoms with Gasteiger partial charge in [0.2, 0.25) is 17.5 Å². The molecule has 3 saturated carbocycles. The molecule has 2 N–H and O–H groups in total. The first kappa shape index (κ1) is 25.0. The average molecular weight is 527 g/mol. The molecule has 1 aromatic carbocycles. The van der Waals surface area contributed by atoms with Crippen molar-refractivity contribution in [3.63, 3.8) is 0 Å². The summed E-state index contributed by atoms with van der Waals surface area (Å²) in [4.78, 5) is 16.8. The Morgan fingerprint density at radius 3 is 2.30 bits per heavy atom. The third-order valence-corrected chi connectivity index (χ3v) is 7.47. The standard InChI is InChI=1S/C23H19F6N5O3/c24-12-9-11(15(25)16(26)17(12)35)19(36)30-10-21-3-6-22(7-4-21,8-5-21)20-31-18(34-37-20)13-1-2-14(33-32-13)23(27,28)29/h1-2,9,35H,3-8,10H2,(H,30,36). The molecule has 0 atom stereocenters. The summed E-state index contributed by atoms with van der Waals surface area (Å²) >= 11 is 0. The lowest BCUT2D eigenvalue weighted by Crippen LogP contribution is -2.49. The summed E-state index contributed by atoms with van der Waals surface area (Å²) in [6, 6.07) is 2.35. The second-order valence-electron chi connectivity index (χ2n) is 9.57. The Hall–Kier alpha value is -3.71. The van der Waals surface area contributed by atoms with Gasteiger partial charge in [0.05, 0.1) is 5.56 Å². The van der Waals surface area contributed by atoms with E-state index in [9.17, 15) is 31.1 Å². The number of aromatic hydroxyl groups is 1. The molecule has 0 spiro atoms. The van der Waals surface area contributed by atoms with Crippen molar-refractivity contribution in [1.29, 1.82) is 0 Å². The van der Waals surface area contributed by atoms with Crippen molar-refractivity contribution in [3.8, 4) is 17.3 Å². The number of alkyl halides is 3. The number of fused-ring (bicyclic) bond motifs is 3. The predicted molar refractivity (Wildman–Crippen MR) is 112 cm³/mol. The Morgan fingerprint density at radius 2 is 1.70 bits per heavy atom. The summed E-state index contributed by atoms with van der Waals surface area (Å²) < 4.78 is 84.9. The maximum Gasteiger partial charge on any atom is 0.435 e. The summed E-state index contributed by atoms with van der Waals surface area (Å²) in [5.74, 6) is -7.02. The van der Waals surface area contributed by atoms with Crippen LogP contribution >= 0.6 is 0 Å². The van der Waals surface area contributed by atoms with Gasteiger partial charge in [0, 0.05) is 12.0 Å². The fraction of sp³-hybridized carbons (Fsp3) is 0.435. The molecule has 2 aromatic heterocycles. The highest BCUT2D eigenvalue weighted by Gasteiger charge is 2.52. The average Bonchev–Trinajstić information content (AvgIpc) is 3.40. The first-order chi connectivity index (χ1) is 17.4. The van der Waals surface area contributed by atoms with Crippen LogP contribution in [0.2, 0.25) is 0 Å². The van der Waals surface area contributed by atoms with Crippen molar-refractivity contribution in [2.24, 2.45) is 5.41 Å². The van der Waals surface area contributed by atoms with Gasteiger partial charge in [-0.1, -0.05) is 5.16 Å². The molecule has 2 bridgehead atoms. The fourth-order valence-corrected chi connectivity index (χ4v) is 5.11. The second kappa shape index (κ2) is 8.70. The van der Waals surface area contributed by atoms with E-state index in [0.29, 0.717) is 50.5 Å². The van der Waals surface area contributed by atoms with Gasteiger partial charge in [-0.25, -0.2) is 8.78 Å². The van der Waals surface area contributed by atoms with Crippen molar-refractivity contribution in [2.45, 2.75) is 50.1 Å². The number of amides is 1. The van der Waals surface area contributed by atoms with Gasteiger partial charge in [-0.15, -0.1) is 10.2 Å². The maximum atomic E-state index is 14.0. The fourth-order valence-electron chi connectivity index (χ4n) is 5.11. The first-order valence-electron chi connectivity index (χ1n) is 11.3. The van der Waals surface area contributed by atoms with Crippen LogP contribution < -0.4 is 5.32 Å². The van der Waals surface area contributed by atoms with Crippen LogP contribution in [0.4, 0.5) is 26.3 Å². The zero-order valence-corrected chi connectivity index (χ0v) is 19.0. The smallest absolute Gasteiger partial charge is 0.435 e. The quantitative estimate of drug-likeness (QED) is 0.366. The SMILES string of the molecule is O=C(NCC12CCC(c3nc(-c4ccc(C(F)(F)F)nn4)no3)(CC1)CC2)c1cc(F)c(O)c(F)c1F. The van der Waals surface area contributed by atoms with E-state index in [4.69, 9.17) is 9.63 Å². The van der Waals surface area contributed by atoms with Gasteiger partial charge in [-0.3, -0.25) is 4.79 Å². The molecule has 2 heterocycles. The van der Waals surface area contributed by atoms with Gasteiger partial charge in [-0.2, -0.15) is 22.5 Å². The third kappa shape index (κ3) is 4.37. The number of halogens is 6. The predicted octanol–water partition coefficient (Wildman–Crippen LogP) is 4.69. The van der Waals surface area contributed by atoms with Crippen molar-refractivity contribution < 1.29 is 40.8 Å². The van der Waals surface area contributed by atoms with Gasteiger partial charge in [0.1, 0.15) is 5.69 Å². The number of carbonyl (C=O) groups excluding carboxylic acids is 1. The van der Waals surface area contributed by atoms with E-state index in [2.05, 4.69) is 25.7 Å². The van der Waals surface area contributed by atoms with Crippen molar-refractivity contribution in [3.05, 3.63) is 52.8 Å². The number of phenols is 1. The first-order valence-corrected chi connectivity index (χ1v) is 11.3. The number of carbonyl (C=O) groups is 1. The molecule has 3 aliphatic carbocycles. The van der Waals surface area contributed by atoms with Gasteiger partial charge < -0.3 is 14.9 Å². The highest BCUT2D eigenvalue weighted by molar-refractivity contribution is 5.94. The number of hydrogen-bond donors (Lipinski definition) is 2. The molecule has 3 aromatic rings. The molecule has 0 aliphatic heterocycles. The van der Waals surface area contributed by atoms with Crippen LogP contribution in [-0.4, -0.2) is 37.9 Å². The molecule has 196 valence electrons. The van der Waals surface area contributed by atoms with E-state index in [-0.39, 0.29) is 23.5 Å². The Kier molecular flexibility index (Phi) is 5.87. The molecule has 3 fully saturated rings. The molecule has 0 saturated heterocycles. The topological polar surface area (TPSA) is 114 Å². The molecule has 8 nitrogen and oxygen atoms in total. The number of nitrogens with one attached hydrogen (secondary N) is 1. The van der Waals surface area contributed by atoms with Crippen LogP contribution in [0, 0.1) is 22.9 Å². The summed E-state index contributed by atoms with van der Waals surface area (Å²) in [6.45, 7) is 0.154. The largest absolute Gasteiger partial charge is 0.503 e. The Morgan fingerprint density at radius 1 is 1.03 bits per heavy atom. The van der Waals surface area contributed by atoms with Crippen molar-refractivity contribution >= 4 is 5.91 Å². The monoisotopic (exact) mass is 527 g/mol. The van der Waals surface area contributed by atoms with Crippen LogP contribution in [0.25, 0.3) is 11.5 Å². The van der Waals surface area contributed by atoms with E-state index in [1.807, 2.05) is 0 Å². The Labute approximate surface area is 205 Å². The number of rotatable bonds is 5. The van der Waals surface area contributed by atoms with E-state index in [1.165, 1.54) is 0 Å². The lowest BCUT2D eigenvalue weighted by atomic mass is 9.53.